The molecule has 1 aromatic rings. The van der Waals surface area contributed by atoms with Crippen molar-refractivity contribution >= 4 is 42.2 Å². The number of anilines is 2. The molecule has 0 aromatic carbocycles. The van der Waals surface area contributed by atoms with E-state index in [1.807, 2.05) is 31.1 Å². The van der Waals surface area contributed by atoms with Gasteiger partial charge in [-0.05, 0) is 31.4 Å². The Hall–Kier alpha value is -1.04. The van der Waals surface area contributed by atoms with E-state index in [1.165, 1.54) is 0 Å². The lowest BCUT2D eigenvalue weighted by Gasteiger charge is -2.25. The number of halogens is 2. The molecule has 21 heavy (non-hydrogen) atoms. The van der Waals surface area contributed by atoms with Gasteiger partial charge >= 0.3 is 0 Å². The van der Waals surface area contributed by atoms with Crippen LogP contribution in [0.2, 0.25) is 0 Å². The number of hydrogen-bond acceptors (Lipinski definition) is 4. The highest BCUT2D eigenvalue weighted by Crippen LogP contribution is 2.24. The zero-order valence-corrected chi connectivity index (χ0v) is 14.0. The number of nitrogens with zero attached hydrogens (tertiary/aromatic N) is 2. The van der Waals surface area contributed by atoms with Gasteiger partial charge in [0, 0.05) is 26.1 Å². The number of nitrogens with one attached hydrogen (secondary N) is 1. The molecule has 0 radical (unpaired) electrons. The van der Waals surface area contributed by atoms with Crippen LogP contribution in [-0.2, 0) is 4.79 Å². The van der Waals surface area contributed by atoms with Crippen LogP contribution in [0.1, 0.15) is 25.7 Å². The van der Waals surface area contributed by atoms with Crippen molar-refractivity contribution in [1.29, 1.82) is 0 Å². The van der Waals surface area contributed by atoms with Gasteiger partial charge in [0.1, 0.15) is 5.82 Å². The number of aromatic nitrogens is 1. The number of rotatable bonds is 3. The van der Waals surface area contributed by atoms with Gasteiger partial charge in [-0.2, -0.15) is 0 Å². The summed E-state index contributed by atoms with van der Waals surface area (Å²) >= 11 is 0. The Balaban J connectivity index is 0.00000200. The van der Waals surface area contributed by atoms with Gasteiger partial charge in [0.05, 0.1) is 11.9 Å². The molecule has 2 atom stereocenters. The van der Waals surface area contributed by atoms with Gasteiger partial charge < -0.3 is 16.0 Å². The number of carbonyl (C=O) groups is 1. The molecule has 0 saturated heterocycles. The van der Waals surface area contributed by atoms with E-state index in [0.29, 0.717) is 5.82 Å². The van der Waals surface area contributed by atoms with Crippen molar-refractivity contribution in [3.8, 4) is 0 Å². The molecule has 1 saturated carbocycles. The van der Waals surface area contributed by atoms with Crippen molar-refractivity contribution < 1.29 is 4.79 Å². The van der Waals surface area contributed by atoms with Gasteiger partial charge in [-0.15, -0.1) is 24.8 Å². The van der Waals surface area contributed by atoms with E-state index in [9.17, 15) is 4.79 Å². The van der Waals surface area contributed by atoms with Crippen LogP contribution in [0, 0.1) is 5.92 Å². The lowest BCUT2D eigenvalue weighted by molar-refractivity contribution is -0.120. The lowest BCUT2D eigenvalue weighted by Crippen LogP contribution is -2.34. The highest BCUT2D eigenvalue weighted by molar-refractivity contribution is 5.91. The summed E-state index contributed by atoms with van der Waals surface area (Å²) in [4.78, 5) is 18.3. The summed E-state index contributed by atoms with van der Waals surface area (Å²) in [5.41, 5.74) is 6.92. The average molecular weight is 335 g/mol. The Bertz CT molecular complexity index is 439. The fraction of sp³-hybridized carbons (Fsp3) is 0.571. The van der Waals surface area contributed by atoms with E-state index in [-0.39, 0.29) is 42.7 Å². The van der Waals surface area contributed by atoms with Crippen molar-refractivity contribution in [1.82, 2.24) is 4.98 Å². The Morgan fingerprint density at radius 2 is 2.05 bits per heavy atom. The molecule has 2 rings (SSSR count). The third kappa shape index (κ3) is 5.69. The fourth-order valence-electron chi connectivity index (χ4n) is 2.42. The molecule has 0 spiro atoms. The van der Waals surface area contributed by atoms with E-state index in [0.717, 1.165) is 31.4 Å². The van der Waals surface area contributed by atoms with Gasteiger partial charge in [0.2, 0.25) is 5.91 Å². The van der Waals surface area contributed by atoms with Gasteiger partial charge in [-0.3, -0.25) is 4.79 Å². The number of pyridine rings is 1. The molecule has 5 nitrogen and oxygen atoms in total. The molecule has 0 aliphatic heterocycles. The minimum Gasteiger partial charge on any atom is -0.376 e. The molecular weight excluding hydrogens is 311 g/mol. The summed E-state index contributed by atoms with van der Waals surface area (Å²) in [5, 5.41) is 2.87. The summed E-state index contributed by atoms with van der Waals surface area (Å²) < 4.78 is 0. The minimum absolute atomic E-state index is 0. The topological polar surface area (TPSA) is 71.2 Å². The first kappa shape index (κ1) is 20.0. The van der Waals surface area contributed by atoms with Crippen LogP contribution in [0.15, 0.2) is 18.3 Å². The smallest absolute Gasteiger partial charge is 0.228 e. The summed E-state index contributed by atoms with van der Waals surface area (Å²) in [6, 6.07) is 3.93. The predicted octanol–water partition coefficient (Wildman–Crippen LogP) is 2.45. The monoisotopic (exact) mass is 334 g/mol. The van der Waals surface area contributed by atoms with Crippen molar-refractivity contribution in [2.75, 3.05) is 24.3 Å². The number of amides is 1. The van der Waals surface area contributed by atoms with Gasteiger partial charge in [0.25, 0.3) is 0 Å². The number of hydrogen-bond donors (Lipinski definition) is 2. The second-order valence-corrected chi connectivity index (χ2v) is 5.41. The highest BCUT2D eigenvalue weighted by atomic mass is 35.5. The van der Waals surface area contributed by atoms with Crippen molar-refractivity contribution in [3.63, 3.8) is 0 Å². The molecule has 1 amide bonds. The first-order valence-corrected chi connectivity index (χ1v) is 6.76. The van der Waals surface area contributed by atoms with Crippen LogP contribution in [-0.4, -0.2) is 31.0 Å². The van der Waals surface area contributed by atoms with Gasteiger partial charge in [0.15, 0.2) is 0 Å². The maximum absolute atomic E-state index is 12.1. The largest absolute Gasteiger partial charge is 0.376 e. The normalized spacial score (nSPS) is 20.7. The van der Waals surface area contributed by atoms with E-state index >= 15 is 0 Å². The Kier molecular flexibility index (Phi) is 8.63. The zero-order valence-electron chi connectivity index (χ0n) is 12.4. The molecule has 120 valence electrons. The average Bonchev–Trinajstić information content (AvgIpc) is 2.39. The van der Waals surface area contributed by atoms with Crippen LogP contribution in [0.25, 0.3) is 0 Å². The second kappa shape index (κ2) is 9.07. The maximum Gasteiger partial charge on any atom is 0.228 e. The van der Waals surface area contributed by atoms with Gasteiger partial charge in [-0.25, -0.2) is 4.98 Å². The Morgan fingerprint density at radius 1 is 1.33 bits per heavy atom. The Morgan fingerprint density at radius 3 is 2.57 bits per heavy atom. The number of carbonyl (C=O) groups excluding carboxylic acids is 1. The molecule has 1 fully saturated rings. The van der Waals surface area contributed by atoms with E-state index in [4.69, 9.17) is 5.73 Å². The van der Waals surface area contributed by atoms with E-state index in [2.05, 4.69) is 10.3 Å². The molecule has 0 bridgehead atoms. The van der Waals surface area contributed by atoms with Crippen LogP contribution >= 0.6 is 24.8 Å². The summed E-state index contributed by atoms with van der Waals surface area (Å²) in [7, 11) is 3.91. The first-order chi connectivity index (χ1) is 9.06. The first-order valence-electron chi connectivity index (χ1n) is 6.76. The van der Waals surface area contributed by atoms with Crippen LogP contribution in [0.5, 0.6) is 0 Å². The van der Waals surface area contributed by atoms with Crippen LogP contribution in [0.4, 0.5) is 11.5 Å². The third-order valence-corrected chi connectivity index (χ3v) is 3.60. The van der Waals surface area contributed by atoms with Crippen LogP contribution in [0.3, 0.4) is 0 Å². The molecule has 1 heterocycles. The quantitative estimate of drug-likeness (QED) is 0.890. The minimum atomic E-state index is 0. The number of nitrogens with two attached hydrogens (primary N) is 1. The molecule has 2 unspecified atom stereocenters. The molecule has 1 aliphatic carbocycles. The van der Waals surface area contributed by atoms with Gasteiger partial charge in [-0.1, -0.05) is 6.42 Å². The summed E-state index contributed by atoms with van der Waals surface area (Å²) in [6.07, 6.45) is 5.52. The SMILES string of the molecule is CN(C)c1ccc(NC(=O)C2CCCC(N)C2)nc1.Cl.Cl. The predicted molar refractivity (Wildman–Crippen MR) is 91.6 cm³/mol. The zero-order chi connectivity index (χ0) is 13.8. The Labute approximate surface area is 138 Å². The van der Waals surface area contributed by atoms with Crippen LogP contribution < -0.4 is 16.0 Å². The van der Waals surface area contributed by atoms with E-state index < -0.39 is 0 Å². The molecule has 7 heteroatoms. The molecule has 3 N–H and O–H groups in total. The highest BCUT2D eigenvalue weighted by Gasteiger charge is 2.25. The van der Waals surface area contributed by atoms with Crippen molar-refractivity contribution in [2.45, 2.75) is 31.7 Å². The standard InChI is InChI=1S/C14H22N4O.2ClH/c1-18(2)12-6-7-13(16-9-12)17-14(19)10-4-3-5-11(15)8-10;;/h6-7,9-11H,3-5,8,15H2,1-2H3,(H,16,17,19);2*1H. The summed E-state index contributed by atoms with van der Waals surface area (Å²) in [5.74, 6) is 0.675. The summed E-state index contributed by atoms with van der Waals surface area (Å²) in [6.45, 7) is 0. The molecular formula is C14H24Cl2N4O. The van der Waals surface area contributed by atoms with Crippen molar-refractivity contribution in [2.24, 2.45) is 11.7 Å². The fourth-order valence-corrected chi connectivity index (χ4v) is 2.42. The lowest BCUT2D eigenvalue weighted by atomic mass is 9.85. The second-order valence-electron chi connectivity index (χ2n) is 5.41. The van der Waals surface area contributed by atoms with E-state index in [1.54, 1.807) is 6.20 Å². The maximum atomic E-state index is 12.1. The molecule has 1 aliphatic rings. The molecule has 1 aromatic heterocycles. The van der Waals surface area contributed by atoms with Crippen molar-refractivity contribution in [3.05, 3.63) is 18.3 Å². The third-order valence-electron chi connectivity index (χ3n) is 3.60.